The van der Waals surface area contributed by atoms with Crippen molar-refractivity contribution in [3.8, 4) is 11.3 Å². The van der Waals surface area contributed by atoms with Gasteiger partial charge in [0.25, 0.3) is 0 Å². The fourth-order valence-electron chi connectivity index (χ4n) is 2.07. The first-order chi connectivity index (χ1) is 10.8. The van der Waals surface area contributed by atoms with Gasteiger partial charge in [0.05, 0.1) is 18.2 Å². The van der Waals surface area contributed by atoms with Gasteiger partial charge in [-0.25, -0.2) is 0 Å². The predicted octanol–water partition coefficient (Wildman–Crippen LogP) is 4.42. The van der Waals surface area contributed by atoms with Gasteiger partial charge in [0.15, 0.2) is 0 Å². The van der Waals surface area contributed by atoms with Crippen LogP contribution in [0.3, 0.4) is 0 Å². The molecule has 0 atom stereocenters. The third kappa shape index (κ3) is 3.21. The second-order valence-corrected chi connectivity index (χ2v) is 5.79. The molecule has 0 bridgehead atoms. The van der Waals surface area contributed by atoms with Crippen LogP contribution >= 0.6 is 22.9 Å². The van der Waals surface area contributed by atoms with Crippen molar-refractivity contribution in [3.05, 3.63) is 63.6 Å². The lowest BCUT2D eigenvalue weighted by atomic mass is 10.2. The van der Waals surface area contributed by atoms with Crippen LogP contribution in [0.1, 0.15) is 12.7 Å². The number of thiazole rings is 1. The van der Waals surface area contributed by atoms with Gasteiger partial charge in [-0.3, -0.25) is 0 Å². The second kappa shape index (κ2) is 6.77. The second-order valence-electron chi connectivity index (χ2n) is 4.51. The minimum absolute atomic E-state index is 0.682. The van der Waals surface area contributed by atoms with E-state index in [4.69, 9.17) is 16.0 Å². The number of furan rings is 1. The minimum atomic E-state index is 0.682. The SMILES string of the molecule is CCn1c(-c2ccc(Cl)cc2)cs/c1=N\N=C/c1ccco1. The molecule has 2 aromatic heterocycles. The van der Waals surface area contributed by atoms with Gasteiger partial charge in [-0.15, -0.1) is 16.4 Å². The van der Waals surface area contributed by atoms with Crippen LogP contribution in [-0.2, 0) is 6.54 Å². The molecule has 0 aliphatic rings. The van der Waals surface area contributed by atoms with E-state index in [2.05, 4.69) is 27.1 Å². The lowest BCUT2D eigenvalue weighted by molar-refractivity contribution is 0.560. The first kappa shape index (κ1) is 14.8. The largest absolute Gasteiger partial charge is 0.463 e. The number of rotatable bonds is 4. The molecule has 22 heavy (non-hydrogen) atoms. The maximum atomic E-state index is 5.94. The summed E-state index contributed by atoms with van der Waals surface area (Å²) in [5, 5.41) is 11.2. The molecule has 112 valence electrons. The van der Waals surface area contributed by atoms with Crippen molar-refractivity contribution in [1.82, 2.24) is 4.57 Å². The standard InChI is InChI=1S/C16H14ClN3OS/c1-2-20-15(12-5-7-13(17)8-6-12)11-22-16(20)19-18-10-14-4-3-9-21-14/h3-11H,2H2,1H3/b18-10-,19-16-. The monoisotopic (exact) mass is 331 g/mol. The molecule has 0 fully saturated rings. The van der Waals surface area contributed by atoms with Gasteiger partial charge >= 0.3 is 0 Å². The van der Waals surface area contributed by atoms with Crippen LogP contribution in [0, 0.1) is 0 Å². The first-order valence-corrected chi connectivity index (χ1v) is 8.08. The van der Waals surface area contributed by atoms with Gasteiger partial charge in [-0.05, 0) is 36.8 Å². The lowest BCUT2D eigenvalue weighted by Crippen LogP contribution is -2.14. The van der Waals surface area contributed by atoms with Crippen LogP contribution in [0.2, 0.25) is 5.02 Å². The summed E-state index contributed by atoms with van der Waals surface area (Å²) < 4.78 is 7.31. The molecule has 0 saturated carbocycles. The molecule has 0 radical (unpaired) electrons. The number of benzene rings is 1. The molecule has 4 nitrogen and oxygen atoms in total. The summed E-state index contributed by atoms with van der Waals surface area (Å²) in [5.74, 6) is 0.682. The van der Waals surface area contributed by atoms with Crippen LogP contribution in [0.25, 0.3) is 11.3 Å². The van der Waals surface area contributed by atoms with Crippen LogP contribution in [0.15, 0.2) is 62.7 Å². The molecule has 2 heterocycles. The van der Waals surface area contributed by atoms with Gasteiger partial charge in [-0.1, -0.05) is 23.7 Å². The summed E-state index contributed by atoms with van der Waals surface area (Å²) in [7, 11) is 0. The van der Waals surface area contributed by atoms with Gasteiger partial charge < -0.3 is 8.98 Å². The topological polar surface area (TPSA) is 42.8 Å². The zero-order chi connectivity index (χ0) is 15.4. The Balaban J connectivity index is 1.95. The van der Waals surface area contributed by atoms with E-state index >= 15 is 0 Å². The van der Waals surface area contributed by atoms with Gasteiger partial charge in [0.1, 0.15) is 5.76 Å². The number of aromatic nitrogens is 1. The summed E-state index contributed by atoms with van der Waals surface area (Å²) >= 11 is 7.50. The van der Waals surface area contributed by atoms with E-state index in [-0.39, 0.29) is 0 Å². The van der Waals surface area contributed by atoms with Crippen molar-refractivity contribution in [2.45, 2.75) is 13.5 Å². The highest BCUT2D eigenvalue weighted by Crippen LogP contribution is 2.22. The molecular weight excluding hydrogens is 318 g/mol. The zero-order valence-electron chi connectivity index (χ0n) is 11.9. The Bertz CT molecular complexity index is 829. The lowest BCUT2D eigenvalue weighted by Gasteiger charge is -2.05. The molecule has 0 saturated heterocycles. The normalized spacial score (nSPS) is 12.4. The smallest absolute Gasteiger partial charge is 0.211 e. The summed E-state index contributed by atoms with van der Waals surface area (Å²) in [4.78, 5) is 0.843. The highest BCUT2D eigenvalue weighted by molar-refractivity contribution is 7.07. The Morgan fingerprint density at radius 2 is 2.09 bits per heavy atom. The average Bonchev–Trinajstić information content (AvgIpc) is 3.17. The summed E-state index contributed by atoms with van der Waals surface area (Å²) in [5.41, 5.74) is 2.22. The number of nitrogens with zero attached hydrogens (tertiary/aromatic N) is 3. The van der Waals surface area contributed by atoms with E-state index in [1.807, 2.05) is 36.4 Å². The van der Waals surface area contributed by atoms with E-state index in [0.717, 1.165) is 27.6 Å². The average molecular weight is 332 g/mol. The van der Waals surface area contributed by atoms with Crippen molar-refractivity contribution in [3.63, 3.8) is 0 Å². The van der Waals surface area contributed by atoms with E-state index < -0.39 is 0 Å². The molecule has 0 aliphatic carbocycles. The zero-order valence-corrected chi connectivity index (χ0v) is 13.5. The maximum absolute atomic E-state index is 5.94. The van der Waals surface area contributed by atoms with Crippen molar-refractivity contribution >= 4 is 29.2 Å². The third-order valence-electron chi connectivity index (χ3n) is 3.13. The molecule has 6 heteroatoms. The quantitative estimate of drug-likeness (QED) is 0.515. The third-order valence-corrected chi connectivity index (χ3v) is 4.23. The first-order valence-electron chi connectivity index (χ1n) is 6.83. The predicted molar refractivity (Wildman–Crippen MR) is 90.3 cm³/mol. The van der Waals surface area contributed by atoms with Crippen LogP contribution < -0.4 is 4.80 Å². The Morgan fingerprint density at radius 1 is 1.27 bits per heavy atom. The maximum Gasteiger partial charge on any atom is 0.211 e. The summed E-state index contributed by atoms with van der Waals surface area (Å²) in [6, 6.07) is 11.4. The molecule has 3 rings (SSSR count). The Hall–Kier alpha value is -2.11. The number of hydrogen-bond donors (Lipinski definition) is 0. The van der Waals surface area contributed by atoms with Gasteiger partial charge in [0, 0.05) is 16.9 Å². The fraction of sp³-hybridized carbons (Fsp3) is 0.125. The molecule has 0 unspecified atom stereocenters. The Kier molecular flexibility index (Phi) is 4.56. The number of hydrogen-bond acceptors (Lipinski definition) is 4. The molecule has 3 aromatic rings. The van der Waals surface area contributed by atoms with Crippen LogP contribution in [0.5, 0.6) is 0 Å². The molecule has 1 aromatic carbocycles. The van der Waals surface area contributed by atoms with E-state index in [9.17, 15) is 0 Å². The van der Waals surface area contributed by atoms with Crippen molar-refractivity contribution in [1.29, 1.82) is 0 Å². The van der Waals surface area contributed by atoms with Crippen molar-refractivity contribution in [2.75, 3.05) is 0 Å². The molecule has 0 N–H and O–H groups in total. The highest BCUT2D eigenvalue weighted by Gasteiger charge is 2.06. The van der Waals surface area contributed by atoms with Crippen molar-refractivity contribution in [2.24, 2.45) is 10.2 Å². The highest BCUT2D eigenvalue weighted by atomic mass is 35.5. The van der Waals surface area contributed by atoms with Crippen LogP contribution in [-0.4, -0.2) is 10.8 Å². The van der Waals surface area contributed by atoms with E-state index in [1.54, 1.807) is 23.8 Å². The Labute approximate surface area is 137 Å². The minimum Gasteiger partial charge on any atom is -0.463 e. The molecule has 0 spiro atoms. The summed E-state index contributed by atoms with van der Waals surface area (Å²) in [6.45, 7) is 2.90. The van der Waals surface area contributed by atoms with E-state index in [0.29, 0.717) is 5.76 Å². The van der Waals surface area contributed by atoms with Gasteiger partial charge in [-0.2, -0.15) is 5.10 Å². The molecule has 0 amide bonds. The van der Waals surface area contributed by atoms with E-state index in [1.165, 1.54) is 0 Å². The van der Waals surface area contributed by atoms with Gasteiger partial charge in [0.2, 0.25) is 4.80 Å². The summed E-state index contributed by atoms with van der Waals surface area (Å²) in [6.07, 6.45) is 3.21. The number of halogens is 1. The van der Waals surface area contributed by atoms with Crippen molar-refractivity contribution < 1.29 is 4.42 Å². The van der Waals surface area contributed by atoms with Crippen LogP contribution in [0.4, 0.5) is 0 Å². The molecule has 0 aliphatic heterocycles. The Morgan fingerprint density at radius 3 is 2.77 bits per heavy atom. The molecular formula is C16H14ClN3OS. The fourth-order valence-corrected chi connectivity index (χ4v) is 3.12.